The van der Waals surface area contributed by atoms with Gasteiger partial charge in [0.15, 0.2) is 0 Å². The Balaban J connectivity index is 0.000000332. The lowest BCUT2D eigenvalue weighted by Gasteiger charge is -2.15. The van der Waals surface area contributed by atoms with Gasteiger partial charge < -0.3 is 25.8 Å². The van der Waals surface area contributed by atoms with Crippen LogP contribution in [-0.4, -0.2) is 72.6 Å². The number of hydrogen-bond acceptors (Lipinski definition) is 5. The number of halogens is 3. The summed E-state index contributed by atoms with van der Waals surface area (Å²) in [5.41, 5.74) is 5.55. The molecule has 3 aromatic carbocycles. The highest BCUT2D eigenvalue weighted by molar-refractivity contribution is 14.1. The van der Waals surface area contributed by atoms with Gasteiger partial charge in [-0.1, -0.05) is 57.4 Å². The van der Waals surface area contributed by atoms with Gasteiger partial charge in [0.2, 0.25) is 17.7 Å². The summed E-state index contributed by atoms with van der Waals surface area (Å²) in [7, 11) is 2.78. The predicted octanol–water partition coefficient (Wildman–Crippen LogP) is 8.24. The Labute approximate surface area is 349 Å². The lowest BCUT2D eigenvalue weighted by molar-refractivity contribution is -0.119. The number of carbonyl (C=O) groups excluding carboxylic acids is 3. The van der Waals surface area contributed by atoms with Crippen LogP contribution in [0.2, 0.25) is 19.6 Å². The molecule has 0 radical (unpaired) electrons. The third-order valence-electron chi connectivity index (χ3n) is 7.40. The highest BCUT2D eigenvalue weighted by atomic mass is 127. The summed E-state index contributed by atoms with van der Waals surface area (Å²) in [6, 6.07) is 23.6. The van der Waals surface area contributed by atoms with E-state index in [2.05, 4.69) is 114 Å². The SMILES string of the molecule is Brc1ccc(I)cc1.C#C[Si](C)(C)C.C#Cc1ccc(N2CCCC2=O)cc1.CNCCNC.O=C1CCCN1.O=C1CCCN1c1ccc(Br)cc1. The standard InChI is InChI=1S/C12H11NO.C10H10BrNO.C6H4BrI.C5H10Si.C4H12N2.C4H7NO/c1-2-10-5-7-11(8-6-10)13-9-3-4-12(13)14;11-8-3-5-9(6-4-8)12-7-1-2-10(12)13;7-5-1-3-6(8)4-2-5;1-5-6(2,3)4;1-5-3-4-6-2;6-4-2-1-3-5-4/h1,5-8H,3-4,9H2;3-6H,1-2,7H2;1-4H;1H,2-4H3;5-6H,3-4H2,1-2H3;1-3H2,(H,5,6). The van der Waals surface area contributed by atoms with Gasteiger partial charge in [-0.25, -0.2) is 0 Å². The Morgan fingerprint density at radius 1 is 0.717 bits per heavy atom. The number of amides is 3. The second-order valence-corrected chi connectivity index (χ2v) is 20.8. The maximum absolute atomic E-state index is 11.4. The van der Waals surface area contributed by atoms with E-state index in [1.54, 1.807) is 4.90 Å². The molecular weight excluding hydrogens is 925 g/mol. The normalized spacial score (nSPS) is 14.2. The molecule has 8 nitrogen and oxygen atoms in total. The van der Waals surface area contributed by atoms with E-state index in [1.165, 1.54) is 3.57 Å². The molecule has 6 rings (SSSR count). The number of nitrogens with zero attached hydrogens (tertiary/aromatic N) is 2. The molecule has 3 aliphatic rings. The zero-order valence-electron chi connectivity index (χ0n) is 31.6. The number of rotatable bonds is 5. The molecule has 3 heterocycles. The van der Waals surface area contributed by atoms with E-state index in [0.717, 1.165) is 84.3 Å². The summed E-state index contributed by atoms with van der Waals surface area (Å²) in [6.07, 6.45) is 15.4. The van der Waals surface area contributed by atoms with E-state index in [0.29, 0.717) is 12.8 Å². The summed E-state index contributed by atoms with van der Waals surface area (Å²) in [5, 5.41) is 8.69. The number of terminal acetylenes is 2. The number of likely N-dealkylation sites (N-methyl/N-ethyl adjacent to an activating group) is 2. The predicted molar refractivity (Wildman–Crippen MR) is 241 cm³/mol. The number of benzene rings is 3. The van der Waals surface area contributed by atoms with Crippen LogP contribution < -0.4 is 25.8 Å². The quantitative estimate of drug-likeness (QED) is 0.104. The number of carbonyl (C=O) groups is 3. The minimum Gasteiger partial charge on any atom is -0.356 e. The second-order valence-electron chi connectivity index (χ2n) is 13.0. The average molecular weight is 980 g/mol. The lowest BCUT2D eigenvalue weighted by atomic mass is 10.2. The Hall–Kier alpha value is -2.98. The van der Waals surface area contributed by atoms with E-state index < -0.39 is 8.07 Å². The van der Waals surface area contributed by atoms with Crippen LogP contribution in [-0.2, 0) is 14.4 Å². The van der Waals surface area contributed by atoms with Crippen LogP contribution in [0.25, 0.3) is 0 Å². The van der Waals surface area contributed by atoms with Gasteiger partial charge in [-0.2, -0.15) is 0 Å². The molecule has 0 aromatic heterocycles. The fraction of sp³-hybridized carbons (Fsp3) is 0.390. The molecule has 286 valence electrons. The topological polar surface area (TPSA) is 93.8 Å². The van der Waals surface area contributed by atoms with Crippen molar-refractivity contribution in [3.63, 3.8) is 0 Å². The van der Waals surface area contributed by atoms with Crippen molar-refractivity contribution in [3.05, 3.63) is 90.9 Å². The van der Waals surface area contributed by atoms with Crippen molar-refractivity contribution in [2.45, 2.75) is 58.2 Å². The van der Waals surface area contributed by atoms with Gasteiger partial charge >= 0.3 is 0 Å². The van der Waals surface area contributed by atoms with Crippen molar-refractivity contribution < 1.29 is 14.4 Å². The molecule has 3 fully saturated rings. The van der Waals surface area contributed by atoms with Crippen molar-refractivity contribution in [2.24, 2.45) is 0 Å². The zero-order chi connectivity index (χ0) is 39.6. The first-order valence-corrected chi connectivity index (χ1v) is 23.8. The third-order valence-corrected chi connectivity index (χ3v) is 10.0. The summed E-state index contributed by atoms with van der Waals surface area (Å²) < 4.78 is 3.45. The molecule has 0 atom stereocenters. The molecule has 0 spiro atoms. The first kappa shape index (κ1) is 48.0. The van der Waals surface area contributed by atoms with Crippen LogP contribution in [0.3, 0.4) is 0 Å². The summed E-state index contributed by atoms with van der Waals surface area (Å²) >= 11 is 8.98. The van der Waals surface area contributed by atoms with Gasteiger partial charge in [-0.15, -0.1) is 18.4 Å². The fourth-order valence-corrected chi connectivity index (χ4v) is 5.33. The molecule has 3 aromatic rings. The fourth-order valence-electron chi connectivity index (χ4n) is 4.45. The van der Waals surface area contributed by atoms with Crippen LogP contribution >= 0.6 is 54.5 Å². The van der Waals surface area contributed by atoms with Gasteiger partial charge in [0.1, 0.15) is 8.07 Å². The minimum absolute atomic E-state index is 0.204. The third kappa shape index (κ3) is 22.1. The van der Waals surface area contributed by atoms with Crippen molar-refractivity contribution in [2.75, 3.05) is 56.6 Å². The molecule has 0 bridgehead atoms. The molecule has 3 amide bonds. The van der Waals surface area contributed by atoms with Gasteiger partial charge in [-0.3, -0.25) is 14.4 Å². The Morgan fingerprint density at radius 3 is 1.40 bits per heavy atom. The first-order valence-electron chi connectivity index (χ1n) is 17.6. The summed E-state index contributed by atoms with van der Waals surface area (Å²) in [5.74, 6) is 3.20. The first-order chi connectivity index (χ1) is 25.2. The second kappa shape index (κ2) is 27.6. The number of anilines is 2. The van der Waals surface area contributed by atoms with Gasteiger partial charge in [0.25, 0.3) is 0 Å². The number of nitrogens with one attached hydrogen (secondary N) is 3. The van der Waals surface area contributed by atoms with Crippen molar-refractivity contribution in [1.82, 2.24) is 16.0 Å². The smallest absolute Gasteiger partial charge is 0.227 e. The Bertz CT molecular complexity index is 1570. The largest absolute Gasteiger partial charge is 0.356 e. The van der Waals surface area contributed by atoms with Gasteiger partial charge in [0.05, 0.1) is 0 Å². The van der Waals surface area contributed by atoms with Crippen LogP contribution in [0, 0.1) is 27.9 Å². The maximum atomic E-state index is 11.4. The highest BCUT2D eigenvalue weighted by Crippen LogP contribution is 2.23. The van der Waals surface area contributed by atoms with E-state index in [4.69, 9.17) is 12.8 Å². The number of hydrogen-bond donors (Lipinski definition) is 3. The molecule has 0 unspecified atom stereocenters. The van der Waals surface area contributed by atoms with Crippen molar-refractivity contribution in [3.8, 4) is 24.3 Å². The molecule has 12 heteroatoms. The zero-order valence-corrected chi connectivity index (χ0v) is 37.9. The van der Waals surface area contributed by atoms with Crippen molar-refractivity contribution >= 4 is 91.6 Å². The van der Waals surface area contributed by atoms with E-state index in [1.807, 2.05) is 79.7 Å². The molecule has 3 aliphatic heterocycles. The molecule has 53 heavy (non-hydrogen) atoms. The van der Waals surface area contributed by atoms with Gasteiger partial charge in [0, 0.05) is 81.4 Å². The molecule has 3 N–H and O–H groups in total. The van der Waals surface area contributed by atoms with E-state index in [9.17, 15) is 14.4 Å². The summed E-state index contributed by atoms with van der Waals surface area (Å²) in [4.78, 5) is 36.6. The average Bonchev–Trinajstić information content (AvgIpc) is 3.93. The van der Waals surface area contributed by atoms with Crippen LogP contribution in [0.4, 0.5) is 11.4 Å². The monoisotopic (exact) mass is 977 g/mol. The minimum atomic E-state index is -1.10. The van der Waals surface area contributed by atoms with Crippen LogP contribution in [0.5, 0.6) is 0 Å². The van der Waals surface area contributed by atoms with Crippen LogP contribution in [0.15, 0.2) is 81.7 Å². The van der Waals surface area contributed by atoms with Gasteiger partial charge in [-0.05, 0) is 129 Å². The maximum Gasteiger partial charge on any atom is 0.227 e. The van der Waals surface area contributed by atoms with Crippen molar-refractivity contribution in [1.29, 1.82) is 0 Å². The van der Waals surface area contributed by atoms with E-state index >= 15 is 0 Å². The Morgan fingerprint density at radius 2 is 1.13 bits per heavy atom. The lowest BCUT2D eigenvalue weighted by Crippen LogP contribution is -2.23. The molecule has 0 saturated carbocycles. The molecule has 0 aliphatic carbocycles. The summed E-state index contributed by atoms with van der Waals surface area (Å²) in [6.45, 7) is 11.1. The van der Waals surface area contributed by atoms with Crippen LogP contribution in [0.1, 0.15) is 44.1 Å². The molecular formula is C41H54Br2IN5O3Si. The Kier molecular flexibility index (Phi) is 25.0. The molecule has 3 saturated heterocycles. The highest BCUT2D eigenvalue weighted by Gasteiger charge is 2.22. The van der Waals surface area contributed by atoms with E-state index in [-0.39, 0.29) is 17.7 Å².